The van der Waals surface area contributed by atoms with Crippen LogP contribution < -0.4 is 5.32 Å². The lowest BCUT2D eigenvalue weighted by Crippen LogP contribution is -2.29. The zero-order valence-corrected chi connectivity index (χ0v) is 10.3. The van der Waals surface area contributed by atoms with Gasteiger partial charge in [0, 0.05) is 24.6 Å². The largest absolute Gasteiger partial charge is 0.508 e. The maximum absolute atomic E-state index is 9.28. The Balaban J connectivity index is 1.94. The minimum absolute atomic E-state index is 0.143. The summed E-state index contributed by atoms with van der Waals surface area (Å²) >= 11 is 0. The van der Waals surface area contributed by atoms with Gasteiger partial charge in [-0.3, -0.25) is 0 Å². The summed E-state index contributed by atoms with van der Waals surface area (Å²) in [6.07, 6.45) is 3.26. The Morgan fingerprint density at radius 2 is 1.94 bits per heavy atom. The van der Waals surface area contributed by atoms with E-state index in [0.29, 0.717) is 11.8 Å². The molecule has 1 aliphatic rings. The molecule has 17 heavy (non-hydrogen) atoms. The molecule has 0 amide bonds. The van der Waals surface area contributed by atoms with E-state index in [-0.39, 0.29) is 12.0 Å². The van der Waals surface area contributed by atoms with Crippen molar-refractivity contribution in [2.24, 2.45) is 5.41 Å². The van der Waals surface area contributed by atoms with Crippen LogP contribution in [0.5, 0.6) is 5.75 Å². The Kier molecular flexibility index (Phi) is 3.69. The van der Waals surface area contributed by atoms with Gasteiger partial charge in [-0.15, -0.1) is 0 Å². The van der Waals surface area contributed by atoms with Crippen LogP contribution in [-0.4, -0.2) is 23.4 Å². The highest BCUT2D eigenvalue weighted by Gasteiger charge is 2.41. The highest BCUT2D eigenvalue weighted by molar-refractivity contribution is 5.28. The van der Waals surface area contributed by atoms with E-state index < -0.39 is 0 Å². The standard InChI is InChI=1S/C14H21NO2/c1-2-13(11-3-5-12(17)6-4-11)15-9-14(10-16)7-8-14/h3-6,13,15-17H,2,7-10H2,1H3. The Morgan fingerprint density at radius 3 is 2.41 bits per heavy atom. The molecule has 1 aliphatic carbocycles. The van der Waals surface area contributed by atoms with Crippen molar-refractivity contribution in [1.29, 1.82) is 0 Å². The van der Waals surface area contributed by atoms with Gasteiger partial charge in [-0.05, 0) is 37.0 Å². The summed E-state index contributed by atoms with van der Waals surface area (Å²) in [5.41, 5.74) is 1.34. The summed E-state index contributed by atoms with van der Waals surface area (Å²) in [5.74, 6) is 0.303. The van der Waals surface area contributed by atoms with Gasteiger partial charge in [-0.25, -0.2) is 0 Å². The van der Waals surface area contributed by atoms with Crippen molar-refractivity contribution >= 4 is 0 Å². The lowest BCUT2D eigenvalue weighted by Gasteiger charge is -2.21. The first-order valence-electron chi connectivity index (χ1n) is 6.32. The minimum Gasteiger partial charge on any atom is -0.508 e. The van der Waals surface area contributed by atoms with Crippen LogP contribution in [0.2, 0.25) is 0 Å². The van der Waals surface area contributed by atoms with Crippen molar-refractivity contribution in [3.63, 3.8) is 0 Å². The van der Waals surface area contributed by atoms with Gasteiger partial charge in [0.15, 0.2) is 0 Å². The van der Waals surface area contributed by atoms with Crippen molar-refractivity contribution in [2.75, 3.05) is 13.2 Å². The summed E-state index contributed by atoms with van der Waals surface area (Å²) in [5, 5.41) is 22.1. The summed E-state index contributed by atoms with van der Waals surface area (Å²) in [6.45, 7) is 3.30. The number of aliphatic hydroxyl groups is 1. The molecule has 1 aromatic carbocycles. The molecular weight excluding hydrogens is 214 g/mol. The van der Waals surface area contributed by atoms with Crippen LogP contribution in [0.1, 0.15) is 37.8 Å². The molecule has 0 aliphatic heterocycles. The van der Waals surface area contributed by atoms with E-state index in [2.05, 4.69) is 12.2 Å². The average molecular weight is 235 g/mol. The fraction of sp³-hybridized carbons (Fsp3) is 0.571. The zero-order valence-electron chi connectivity index (χ0n) is 10.3. The second-order valence-corrected chi connectivity index (χ2v) is 5.09. The smallest absolute Gasteiger partial charge is 0.115 e. The third kappa shape index (κ3) is 2.99. The third-order valence-electron chi connectivity index (χ3n) is 3.72. The van der Waals surface area contributed by atoms with E-state index >= 15 is 0 Å². The van der Waals surface area contributed by atoms with Crippen molar-refractivity contribution in [1.82, 2.24) is 5.32 Å². The van der Waals surface area contributed by atoms with E-state index in [1.807, 2.05) is 12.1 Å². The zero-order chi connectivity index (χ0) is 12.3. The summed E-state index contributed by atoms with van der Waals surface area (Å²) in [6, 6.07) is 7.65. The number of phenols is 1. The molecule has 2 rings (SSSR count). The summed E-state index contributed by atoms with van der Waals surface area (Å²) < 4.78 is 0. The van der Waals surface area contributed by atoms with Crippen molar-refractivity contribution in [3.8, 4) is 5.75 Å². The lowest BCUT2D eigenvalue weighted by atomic mass is 10.0. The lowest BCUT2D eigenvalue weighted by molar-refractivity contribution is 0.203. The molecule has 3 N–H and O–H groups in total. The first-order chi connectivity index (χ1) is 8.19. The van der Waals surface area contributed by atoms with Crippen LogP contribution in [0.3, 0.4) is 0 Å². The number of rotatable bonds is 6. The monoisotopic (exact) mass is 235 g/mol. The number of hydrogen-bond donors (Lipinski definition) is 3. The van der Waals surface area contributed by atoms with Gasteiger partial charge in [-0.1, -0.05) is 19.1 Å². The normalized spacial score (nSPS) is 18.9. The van der Waals surface area contributed by atoms with E-state index in [4.69, 9.17) is 0 Å². The molecule has 1 saturated carbocycles. The molecule has 94 valence electrons. The van der Waals surface area contributed by atoms with Gasteiger partial charge < -0.3 is 15.5 Å². The van der Waals surface area contributed by atoms with Crippen LogP contribution in [-0.2, 0) is 0 Å². The number of nitrogens with one attached hydrogen (secondary N) is 1. The Hall–Kier alpha value is -1.06. The Bertz CT molecular complexity index is 357. The molecule has 1 atom stereocenters. The van der Waals surface area contributed by atoms with Gasteiger partial charge in [0.2, 0.25) is 0 Å². The summed E-state index contributed by atoms with van der Waals surface area (Å²) in [7, 11) is 0. The van der Waals surface area contributed by atoms with Crippen LogP contribution in [0.15, 0.2) is 24.3 Å². The molecule has 0 heterocycles. The van der Waals surface area contributed by atoms with Gasteiger partial charge in [0.25, 0.3) is 0 Å². The number of hydrogen-bond acceptors (Lipinski definition) is 3. The first-order valence-corrected chi connectivity index (χ1v) is 6.32. The number of aliphatic hydroxyl groups excluding tert-OH is 1. The van der Waals surface area contributed by atoms with Crippen LogP contribution in [0.4, 0.5) is 0 Å². The van der Waals surface area contributed by atoms with Gasteiger partial charge in [-0.2, -0.15) is 0 Å². The van der Waals surface area contributed by atoms with E-state index in [9.17, 15) is 10.2 Å². The number of benzene rings is 1. The molecule has 0 aromatic heterocycles. The Labute approximate surface area is 102 Å². The van der Waals surface area contributed by atoms with Crippen LogP contribution in [0.25, 0.3) is 0 Å². The third-order valence-corrected chi connectivity index (χ3v) is 3.72. The molecule has 0 bridgehead atoms. The minimum atomic E-state index is 0.143. The average Bonchev–Trinajstić information content (AvgIpc) is 3.13. The highest BCUT2D eigenvalue weighted by atomic mass is 16.3. The molecule has 1 fully saturated rings. The molecule has 1 aromatic rings. The molecule has 3 nitrogen and oxygen atoms in total. The predicted molar refractivity (Wildman–Crippen MR) is 67.9 cm³/mol. The first kappa shape index (κ1) is 12.4. The fourth-order valence-corrected chi connectivity index (χ4v) is 2.11. The van der Waals surface area contributed by atoms with Crippen molar-refractivity contribution in [2.45, 2.75) is 32.2 Å². The van der Waals surface area contributed by atoms with E-state index in [1.54, 1.807) is 12.1 Å². The molecule has 0 radical (unpaired) electrons. The molecule has 3 heteroatoms. The Morgan fingerprint density at radius 1 is 1.29 bits per heavy atom. The molecular formula is C14H21NO2. The van der Waals surface area contributed by atoms with E-state index in [1.165, 1.54) is 5.56 Å². The predicted octanol–water partition coefficient (Wildman–Crippen LogP) is 2.21. The maximum Gasteiger partial charge on any atom is 0.115 e. The van der Waals surface area contributed by atoms with E-state index in [0.717, 1.165) is 25.8 Å². The van der Waals surface area contributed by atoms with Gasteiger partial charge >= 0.3 is 0 Å². The maximum atomic E-state index is 9.28. The molecule has 0 saturated heterocycles. The topological polar surface area (TPSA) is 52.5 Å². The van der Waals surface area contributed by atoms with Crippen LogP contribution in [0, 0.1) is 5.41 Å². The number of phenolic OH excluding ortho intramolecular Hbond substituents is 1. The quantitative estimate of drug-likeness (QED) is 0.708. The molecule has 1 unspecified atom stereocenters. The highest BCUT2D eigenvalue weighted by Crippen LogP contribution is 2.44. The second-order valence-electron chi connectivity index (χ2n) is 5.09. The van der Waals surface area contributed by atoms with Crippen molar-refractivity contribution < 1.29 is 10.2 Å². The summed E-state index contributed by atoms with van der Waals surface area (Å²) in [4.78, 5) is 0. The molecule has 0 spiro atoms. The van der Waals surface area contributed by atoms with Gasteiger partial charge in [0.05, 0.1) is 0 Å². The number of aromatic hydroxyl groups is 1. The SMILES string of the molecule is CCC(NCC1(CO)CC1)c1ccc(O)cc1. The van der Waals surface area contributed by atoms with Crippen LogP contribution >= 0.6 is 0 Å². The van der Waals surface area contributed by atoms with Crippen molar-refractivity contribution in [3.05, 3.63) is 29.8 Å². The van der Waals surface area contributed by atoms with Gasteiger partial charge in [0.1, 0.15) is 5.75 Å². The second kappa shape index (κ2) is 5.07. The fourth-order valence-electron chi connectivity index (χ4n) is 2.11.